The average molecular weight is 296 g/mol. The van der Waals surface area contributed by atoms with Crippen LogP contribution in [0, 0.1) is 11.8 Å². The van der Waals surface area contributed by atoms with Crippen molar-refractivity contribution in [3.63, 3.8) is 0 Å². The van der Waals surface area contributed by atoms with Crippen molar-refractivity contribution in [2.75, 3.05) is 6.54 Å². The lowest BCUT2D eigenvalue weighted by Gasteiger charge is -2.26. The zero-order valence-corrected chi connectivity index (χ0v) is 12.3. The van der Waals surface area contributed by atoms with Gasteiger partial charge in [0.1, 0.15) is 0 Å². The van der Waals surface area contributed by atoms with Crippen molar-refractivity contribution in [1.29, 1.82) is 0 Å². The fourth-order valence-corrected chi connectivity index (χ4v) is 2.40. The second-order valence-corrected chi connectivity index (χ2v) is 6.34. The van der Waals surface area contributed by atoms with Gasteiger partial charge in [-0.15, -0.1) is 0 Å². The van der Waals surface area contributed by atoms with Crippen LogP contribution in [0.3, 0.4) is 0 Å². The maximum absolute atomic E-state index is 11.9. The van der Waals surface area contributed by atoms with Gasteiger partial charge in [-0.2, -0.15) is 0 Å². The Morgan fingerprint density at radius 3 is 2.65 bits per heavy atom. The van der Waals surface area contributed by atoms with E-state index >= 15 is 0 Å². The Morgan fingerprint density at radius 2 is 2.10 bits per heavy atom. The lowest BCUT2D eigenvalue weighted by atomic mass is 9.84. The van der Waals surface area contributed by atoms with Crippen LogP contribution in [0.5, 0.6) is 0 Å². The molecule has 2 N–H and O–H groups in total. The first-order valence-electron chi connectivity index (χ1n) is 6.58. The van der Waals surface area contributed by atoms with Crippen LogP contribution in [0.4, 0.5) is 0 Å². The van der Waals surface area contributed by atoms with E-state index in [0.29, 0.717) is 18.0 Å². The fraction of sp³-hybridized carbons (Fsp3) is 0.467. The number of nitrogens with one attached hydrogen (secondary N) is 1. The number of carboxylic acids is 1. The van der Waals surface area contributed by atoms with Crippen molar-refractivity contribution in [3.8, 4) is 0 Å². The number of carboxylic acid groups (broad SMARTS) is 1. The molecule has 20 heavy (non-hydrogen) atoms. The molecule has 2 unspecified atom stereocenters. The summed E-state index contributed by atoms with van der Waals surface area (Å²) in [4.78, 5) is 22.6. The topological polar surface area (TPSA) is 66.4 Å². The van der Waals surface area contributed by atoms with Gasteiger partial charge in [0.15, 0.2) is 0 Å². The number of benzene rings is 1. The van der Waals surface area contributed by atoms with E-state index in [4.69, 9.17) is 16.7 Å². The van der Waals surface area contributed by atoms with Gasteiger partial charge >= 0.3 is 5.97 Å². The summed E-state index contributed by atoms with van der Waals surface area (Å²) < 4.78 is 0. The number of amides is 1. The minimum absolute atomic E-state index is 0.174. The molecule has 1 aliphatic carbocycles. The Kier molecular flexibility index (Phi) is 4.04. The van der Waals surface area contributed by atoms with Crippen LogP contribution >= 0.6 is 11.6 Å². The molecule has 1 amide bonds. The van der Waals surface area contributed by atoms with Crippen molar-refractivity contribution in [1.82, 2.24) is 5.32 Å². The number of halogens is 1. The minimum Gasteiger partial charge on any atom is -0.481 e. The Balaban J connectivity index is 1.93. The highest BCUT2D eigenvalue weighted by Crippen LogP contribution is 2.38. The third kappa shape index (κ3) is 3.31. The normalized spacial score (nSPS) is 21.4. The van der Waals surface area contributed by atoms with E-state index in [1.54, 1.807) is 6.07 Å². The third-order valence-corrected chi connectivity index (χ3v) is 3.99. The minimum atomic E-state index is -0.890. The molecule has 2 atom stereocenters. The Labute approximate surface area is 123 Å². The SMILES string of the molecule is CC(C)(CNC(=O)C1CC1C(=O)O)c1cccc(Cl)c1. The Bertz CT molecular complexity index is 542. The van der Waals surface area contributed by atoms with E-state index < -0.39 is 11.9 Å². The monoisotopic (exact) mass is 295 g/mol. The quantitative estimate of drug-likeness (QED) is 0.877. The summed E-state index contributed by atoms with van der Waals surface area (Å²) in [7, 11) is 0. The highest BCUT2D eigenvalue weighted by Gasteiger charge is 2.48. The van der Waals surface area contributed by atoms with E-state index in [2.05, 4.69) is 5.32 Å². The summed E-state index contributed by atoms with van der Waals surface area (Å²) in [5, 5.41) is 12.3. The van der Waals surface area contributed by atoms with E-state index in [0.717, 1.165) is 5.56 Å². The average Bonchev–Trinajstić information content (AvgIpc) is 3.16. The maximum Gasteiger partial charge on any atom is 0.307 e. The predicted molar refractivity (Wildman–Crippen MR) is 76.7 cm³/mol. The summed E-state index contributed by atoms with van der Waals surface area (Å²) in [6.45, 7) is 4.48. The van der Waals surface area contributed by atoms with Crippen LogP contribution in [0.2, 0.25) is 5.02 Å². The predicted octanol–water partition coefficient (Wildman–Crippen LogP) is 2.45. The van der Waals surface area contributed by atoms with Crippen molar-refractivity contribution < 1.29 is 14.7 Å². The lowest BCUT2D eigenvalue weighted by molar-refractivity contribution is -0.140. The molecule has 0 saturated heterocycles. The zero-order valence-electron chi connectivity index (χ0n) is 11.5. The first kappa shape index (κ1) is 14.9. The van der Waals surface area contributed by atoms with Gasteiger partial charge in [-0.25, -0.2) is 0 Å². The molecule has 0 aromatic heterocycles. The molecule has 1 aliphatic rings. The van der Waals surface area contributed by atoms with Gasteiger partial charge in [-0.05, 0) is 24.1 Å². The first-order valence-corrected chi connectivity index (χ1v) is 6.95. The van der Waals surface area contributed by atoms with Crippen molar-refractivity contribution in [3.05, 3.63) is 34.9 Å². The number of hydrogen-bond acceptors (Lipinski definition) is 2. The van der Waals surface area contributed by atoms with Crippen molar-refractivity contribution in [2.24, 2.45) is 11.8 Å². The molecular weight excluding hydrogens is 278 g/mol. The molecule has 0 aliphatic heterocycles. The zero-order chi connectivity index (χ0) is 14.9. The standard InChI is InChI=1S/C15H18ClNO3/c1-15(2,9-4-3-5-10(16)6-9)8-17-13(18)11-7-12(11)14(19)20/h3-6,11-12H,7-8H2,1-2H3,(H,17,18)(H,19,20). The van der Waals surface area contributed by atoms with Gasteiger partial charge in [0.2, 0.25) is 5.91 Å². The van der Waals surface area contributed by atoms with Crippen LogP contribution < -0.4 is 5.32 Å². The second kappa shape index (κ2) is 5.44. The van der Waals surface area contributed by atoms with E-state index in [-0.39, 0.29) is 17.2 Å². The molecule has 108 valence electrons. The summed E-state index contributed by atoms with van der Waals surface area (Å²) in [6, 6.07) is 7.53. The smallest absolute Gasteiger partial charge is 0.307 e. The van der Waals surface area contributed by atoms with Crippen LogP contribution in [-0.2, 0) is 15.0 Å². The second-order valence-electron chi connectivity index (χ2n) is 5.90. The Morgan fingerprint density at radius 1 is 1.40 bits per heavy atom. The molecule has 2 rings (SSSR count). The van der Waals surface area contributed by atoms with Gasteiger partial charge in [-0.1, -0.05) is 37.6 Å². The summed E-state index contributed by atoms with van der Waals surface area (Å²) in [5.74, 6) is -1.95. The summed E-state index contributed by atoms with van der Waals surface area (Å²) in [6.07, 6.45) is 0.443. The fourth-order valence-electron chi connectivity index (χ4n) is 2.21. The molecule has 1 saturated carbocycles. The highest BCUT2D eigenvalue weighted by molar-refractivity contribution is 6.30. The van der Waals surface area contributed by atoms with Gasteiger partial charge in [0, 0.05) is 17.0 Å². The largest absolute Gasteiger partial charge is 0.481 e. The third-order valence-electron chi connectivity index (χ3n) is 3.76. The molecule has 5 heteroatoms. The van der Waals surface area contributed by atoms with Crippen LogP contribution in [-0.4, -0.2) is 23.5 Å². The molecule has 1 aromatic carbocycles. The first-order chi connectivity index (χ1) is 9.31. The molecule has 0 heterocycles. The number of rotatable bonds is 5. The molecule has 0 bridgehead atoms. The van der Waals surface area contributed by atoms with E-state index in [9.17, 15) is 9.59 Å². The Hall–Kier alpha value is -1.55. The number of carbonyl (C=O) groups is 2. The maximum atomic E-state index is 11.9. The van der Waals surface area contributed by atoms with Crippen LogP contribution in [0.15, 0.2) is 24.3 Å². The molecule has 4 nitrogen and oxygen atoms in total. The lowest BCUT2D eigenvalue weighted by Crippen LogP contribution is -2.37. The molecule has 0 radical (unpaired) electrons. The molecule has 1 fully saturated rings. The summed E-state index contributed by atoms with van der Waals surface area (Å²) in [5.41, 5.74) is 0.782. The number of hydrogen-bond donors (Lipinski definition) is 2. The van der Waals surface area contributed by atoms with E-state index in [1.807, 2.05) is 32.0 Å². The van der Waals surface area contributed by atoms with Crippen LogP contribution in [0.1, 0.15) is 25.8 Å². The van der Waals surface area contributed by atoms with Crippen molar-refractivity contribution >= 4 is 23.5 Å². The van der Waals surface area contributed by atoms with Gasteiger partial charge in [0.25, 0.3) is 0 Å². The molecule has 0 spiro atoms. The van der Waals surface area contributed by atoms with Crippen LogP contribution in [0.25, 0.3) is 0 Å². The van der Waals surface area contributed by atoms with Gasteiger partial charge in [-0.3, -0.25) is 9.59 Å². The van der Waals surface area contributed by atoms with Crippen molar-refractivity contribution in [2.45, 2.75) is 25.7 Å². The molecule has 1 aromatic rings. The summed E-state index contributed by atoms with van der Waals surface area (Å²) >= 11 is 5.98. The van der Waals surface area contributed by atoms with Gasteiger partial charge < -0.3 is 10.4 Å². The van der Waals surface area contributed by atoms with Gasteiger partial charge in [0.05, 0.1) is 11.8 Å². The number of carbonyl (C=O) groups excluding carboxylic acids is 1. The van der Waals surface area contributed by atoms with E-state index in [1.165, 1.54) is 0 Å². The number of aliphatic carboxylic acids is 1. The molecular formula is C15H18ClNO3. The highest BCUT2D eigenvalue weighted by atomic mass is 35.5.